The van der Waals surface area contributed by atoms with Crippen molar-refractivity contribution in [1.29, 1.82) is 0 Å². The fourth-order valence-corrected chi connectivity index (χ4v) is 3.22. The van der Waals surface area contributed by atoms with Crippen LogP contribution >= 0.6 is 24.2 Å². The molecule has 1 aliphatic rings. The average molecular weight is 309 g/mol. The standard InChI is InChI=1S/C14H28N2OS.ClH/c1-11(2)9-12-5-4-7-16(10-12)14(17)13(15)6-8-18-3;/h11-13H,4-10,15H2,1-3H3;1H/t12?,13-;/m0./s1. The van der Waals surface area contributed by atoms with Crippen LogP contribution in [0.5, 0.6) is 0 Å². The van der Waals surface area contributed by atoms with Gasteiger partial charge in [-0.2, -0.15) is 11.8 Å². The molecule has 1 heterocycles. The van der Waals surface area contributed by atoms with Gasteiger partial charge in [0, 0.05) is 13.1 Å². The predicted octanol–water partition coefficient (Wildman–Crippen LogP) is 2.77. The van der Waals surface area contributed by atoms with E-state index in [4.69, 9.17) is 5.73 Å². The van der Waals surface area contributed by atoms with Crippen molar-refractivity contribution >= 4 is 30.1 Å². The van der Waals surface area contributed by atoms with Gasteiger partial charge in [-0.05, 0) is 49.5 Å². The van der Waals surface area contributed by atoms with Crippen molar-refractivity contribution in [2.45, 2.75) is 45.6 Å². The topological polar surface area (TPSA) is 46.3 Å². The first-order valence-corrected chi connectivity index (χ1v) is 8.47. The zero-order valence-electron chi connectivity index (χ0n) is 12.4. The van der Waals surface area contributed by atoms with E-state index in [1.54, 1.807) is 11.8 Å². The normalized spacial score (nSPS) is 21.1. The maximum absolute atomic E-state index is 12.2. The van der Waals surface area contributed by atoms with Crippen LogP contribution in [0.3, 0.4) is 0 Å². The maximum atomic E-state index is 12.2. The van der Waals surface area contributed by atoms with E-state index in [1.807, 2.05) is 4.90 Å². The largest absolute Gasteiger partial charge is 0.341 e. The summed E-state index contributed by atoms with van der Waals surface area (Å²) in [6.07, 6.45) is 6.48. The van der Waals surface area contributed by atoms with Crippen LogP contribution in [-0.4, -0.2) is 41.9 Å². The van der Waals surface area contributed by atoms with E-state index in [0.717, 1.165) is 37.6 Å². The van der Waals surface area contributed by atoms with E-state index in [1.165, 1.54) is 12.8 Å². The molecule has 1 amide bonds. The third-order valence-electron chi connectivity index (χ3n) is 3.59. The highest BCUT2D eigenvalue weighted by atomic mass is 35.5. The van der Waals surface area contributed by atoms with E-state index < -0.39 is 0 Å². The lowest BCUT2D eigenvalue weighted by molar-refractivity contribution is -0.134. The third-order valence-corrected chi connectivity index (χ3v) is 4.23. The number of nitrogens with zero attached hydrogens (tertiary/aromatic N) is 1. The number of halogens is 1. The van der Waals surface area contributed by atoms with Gasteiger partial charge in [0.25, 0.3) is 0 Å². The Bertz CT molecular complexity index is 264. The van der Waals surface area contributed by atoms with Gasteiger partial charge in [0.15, 0.2) is 0 Å². The van der Waals surface area contributed by atoms with Gasteiger partial charge in [-0.3, -0.25) is 4.79 Å². The number of carbonyl (C=O) groups is 1. The molecule has 0 spiro atoms. The lowest BCUT2D eigenvalue weighted by atomic mass is 9.89. The Labute approximate surface area is 128 Å². The molecule has 1 fully saturated rings. The van der Waals surface area contributed by atoms with Gasteiger partial charge < -0.3 is 10.6 Å². The summed E-state index contributed by atoms with van der Waals surface area (Å²) in [6, 6.07) is -0.296. The number of likely N-dealkylation sites (tertiary alicyclic amines) is 1. The number of piperidine rings is 1. The second kappa shape index (κ2) is 9.89. The number of nitrogens with two attached hydrogens (primary N) is 1. The second-order valence-corrected chi connectivity index (χ2v) is 6.80. The number of thioether (sulfide) groups is 1. The number of rotatable bonds is 6. The molecule has 0 aromatic carbocycles. The molecule has 0 bridgehead atoms. The summed E-state index contributed by atoms with van der Waals surface area (Å²) >= 11 is 1.75. The highest BCUT2D eigenvalue weighted by Gasteiger charge is 2.27. The molecule has 0 aromatic heterocycles. The van der Waals surface area contributed by atoms with E-state index in [2.05, 4.69) is 20.1 Å². The lowest BCUT2D eigenvalue weighted by Crippen LogP contribution is -2.48. The Morgan fingerprint density at radius 3 is 2.74 bits per heavy atom. The molecule has 1 aliphatic heterocycles. The first-order chi connectivity index (χ1) is 8.54. The fraction of sp³-hybridized carbons (Fsp3) is 0.929. The van der Waals surface area contributed by atoms with Gasteiger partial charge >= 0.3 is 0 Å². The minimum Gasteiger partial charge on any atom is -0.341 e. The molecule has 0 radical (unpaired) electrons. The van der Waals surface area contributed by atoms with Crippen LogP contribution < -0.4 is 5.73 Å². The van der Waals surface area contributed by atoms with Crippen molar-refractivity contribution in [3.05, 3.63) is 0 Å². The van der Waals surface area contributed by atoms with Crippen LogP contribution in [0.15, 0.2) is 0 Å². The molecular weight excluding hydrogens is 280 g/mol. The Morgan fingerprint density at radius 1 is 1.47 bits per heavy atom. The summed E-state index contributed by atoms with van der Waals surface area (Å²) in [6.45, 7) is 6.33. The van der Waals surface area contributed by atoms with Crippen LogP contribution in [0.1, 0.15) is 39.5 Å². The smallest absolute Gasteiger partial charge is 0.239 e. The molecule has 2 N–H and O–H groups in total. The van der Waals surface area contributed by atoms with Gasteiger partial charge in [-0.15, -0.1) is 12.4 Å². The molecule has 0 aromatic rings. The summed E-state index contributed by atoms with van der Waals surface area (Å²) in [4.78, 5) is 14.2. The van der Waals surface area contributed by atoms with Gasteiger partial charge in [0.05, 0.1) is 6.04 Å². The van der Waals surface area contributed by atoms with Gasteiger partial charge in [-0.25, -0.2) is 0 Å². The van der Waals surface area contributed by atoms with Crippen molar-refractivity contribution in [3.8, 4) is 0 Å². The van der Waals surface area contributed by atoms with Crippen LogP contribution in [0.25, 0.3) is 0 Å². The number of hydrogen-bond donors (Lipinski definition) is 1. The van der Waals surface area contributed by atoms with Crippen LogP contribution in [-0.2, 0) is 4.79 Å². The van der Waals surface area contributed by atoms with Crippen LogP contribution in [0.2, 0.25) is 0 Å². The zero-order chi connectivity index (χ0) is 13.5. The number of amides is 1. The third kappa shape index (κ3) is 6.87. The van der Waals surface area contributed by atoms with Gasteiger partial charge in [0.2, 0.25) is 5.91 Å². The Kier molecular flexibility index (Phi) is 9.93. The summed E-state index contributed by atoms with van der Waals surface area (Å²) in [5.74, 6) is 2.53. The molecule has 114 valence electrons. The van der Waals surface area contributed by atoms with Gasteiger partial charge in [-0.1, -0.05) is 13.8 Å². The summed E-state index contributed by atoms with van der Waals surface area (Å²) in [7, 11) is 0. The van der Waals surface area contributed by atoms with Crippen molar-refractivity contribution in [3.63, 3.8) is 0 Å². The molecule has 1 rings (SSSR count). The number of carbonyl (C=O) groups excluding carboxylic acids is 1. The molecule has 19 heavy (non-hydrogen) atoms. The van der Waals surface area contributed by atoms with Crippen molar-refractivity contribution < 1.29 is 4.79 Å². The number of hydrogen-bond acceptors (Lipinski definition) is 3. The van der Waals surface area contributed by atoms with Gasteiger partial charge in [0.1, 0.15) is 0 Å². The lowest BCUT2D eigenvalue weighted by Gasteiger charge is -2.35. The van der Waals surface area contributed by atoms with E-state index in [0.29, 0.717) is 5.92 Å². The molecule has 0 aliphatic carbocycles. The molecule has 1 saturated heterocycles. The highest BCUT2D eigenvalue weighted by Crippen LogP contribution is 2.23. The predicted molar refractivity (Wildman–Crippen MR) is 87.0 cm³/mol. The molecular formula is C14H29ClN2OS. The van der Waals surface area contributed by atoms with Crippen molar-refractivity contribution in [2.75, 3.05) is 25.1 Å². The zero-order valence-corrected chi connectivity index (χ0v) is 14.1. The molecule has 0 saturated carbocycles. The quantitative estimate of drug-likeness (QED) is 0.820. The first-order valence-electron chi connectivity index (χ1n) is 7.08. The molecule has 2 atom stereocenters. The van der Waals surface area contributed by atoms with Crippen LogP contribution in [0.4, 0.5) is 0 Å². The summed E-state index contributed by atoms with van der Waals surface area (Å²) in [5.41, 5.74) is 5.98. The summed E-state index contributed by atoms with van der Waals surface area (Å²) in [5, 5.41) is 0. The molecule has 1 unspecified atom stereocenters. The molecule has 3 nitrogen and oxygen atoms in total. The first kappa shape index (κ1) is 19.1. The second-order valence-electron chi connectivity index (χ2n) is 5.81. The van der Waals surface area contributed by atoms with E-state index in [9.17, 15) is 4.79 Å². The minimum absolute atomic E-state index is 0. The van der Waals surface area contributed by atoms with Crippen molar-refractivity contribution in [2.24, 2.45) is 17.6 Å². The molecule has 5 heteroatoms. The van der Waals surface area contributed by atoms with Crippen molar-refractivity contribution in [1.82, 2.24) is 4.90 Å². The fourth-order valence-electron chi connectivity index (χ4n) is 2.73. The SMILES string of the molecule is CSCC[C@H](N)C(=O)N1CCCC(CC(C)C)C1.Cl. The minimum atomic E-state index is -0.296. The Morgan fingerprint density at radius 2 is 2.16 bits per heavy atom. The highest BCUT2D eigenvalue weighted by molar-refractivity contribution is 7.98. The Balaban J connectivity index is 0.00000324. The monoisotopic (exact) mass is 308 g/mol. The van der Waals surface area contributed by atoms with Crippen LogP contribution in [0, 0.1) is 11.8 Å². The van der Waals surface area contributed by atoms with E-state index >= 15 is 0 Å². The average Bonchev–Trinajstić information content (AvgIpc) is 2.34. The summed E-state index contributed by atoms with van der Waals surface area (Å²) < 4.78 is 0. The maximum Gasteiger partial charge on any atom is 0.239 e. The van der Waals surface area contributed by atoms with E-state index in [-0.39, 0.29) is 24.4 Å². The Hall–Kier alpha value is 0.0700.